The maximum atomic E-state index is 11.7. The van der Waals surface area contributed by atoms with Gasteiger partial charge in [-0.15, -0.1) is 0 Å². The molecule has 0 heterocycles. The van der Waals surface area contributed by atoms with Crippen molar-refractivity contribution in [2.24, 2.45) is 0 Å². The van der Waals surface area contributed by atoms with Gasteiger partial charge in [-0.1, -0.05) is 12.1 Å². The third-order valence-electron chi connectivity index (χ3n) is 2.58. The van der Waals surface area contributed by atoms with E-state index in [0.29, 0.717) is 5.69 Å². The summed E-state index contributed by atoms with van der Waals surface area (Å²) in [5, 5.41) is 12.0. The van der Waals surface area contributed by atoms with E-state index in [1.807, 2.05) is 0 Å². The van der Waals surface area contributed by atoms with Gasteiger partial charge in [0.2, 0.25) is 0 Å². The molecule has 0 fully saturated rings. The Labute approximate surface area is 112 Å². The average Bonchev–Trinajstić information content (AvgIpc) is 2.38. The van der Waals surface area contributed by atoms with Crippen molar-refractivity contribution in [3.63, 3.8) is 0 Å². The Kier molecular flexibility index (Phi) is 5.32. The zero-order valence-electron chi connectivity index (χ0n) is 11.2. The van der Waals surface area contributed by atoms with Gasteiger partial charge in [-0.05, 0) is 24.6 Å². The summed E-state index contributed by atoms with van der Waals surface area (Å²) in [6, 6.07) is 6.41. The van der Waals surface area contributed by atoms with E-state index >= 15 is 0 Å². The van der Waals surface area contributed by atoms with E-state index in [4.69, 9.17) is 0 Å². The van der Waals surface area contributed by atoms with Crippen LogP contribution in [0.5, 0.6) is 0 Å². The fourth-order valence-electron chi connectivity index (χ4n) is 1.39. The lowest BCUT2D eigenvalue weighted by molar-refractivity contribution is -0.140. The monoisotopic (exact) mass is 266 g/mol. The molecule has 6 nitrogen and oxygen atoms in total. The zero-order valence-corrected chi connectivity index (χ0v) is 11.2. The van der Waals surface area contributed by atoms with Gasteiger partial charge in [0.1, 0.15) is 6.54 Å². The number of esters is 1. The molecule has 104 valence electrons. The molecule has 1 aromatic rings. The van der Waals surface area contributed by atoms with E-state index in [0.717, 1.165) is 5.56 Å². The van der Waals surface area contributed by atoms with Crippen LogP contribution in [0.15, 0.2) is 24.3 Å². The maximum Gasteiger partial charge on any atom is 0.325 e. The Morgan fingerprint density at radius 2 is 1.95 bits per heavy atom. The van der Waals surface area contributed by atoms with Crippen LogP contribution in [0, 0.1) is 0 Å². The van der Waals surface area contributed by atoms with Gasteiger partial charge in [0.15, 0.2) is 0 Å². The summed E-state index contributed by atoms with van der Waals surface area (Å²) in [5.41, 5.74) is 1.35. The number of carbonyl (C=O) groups is 2. The lowest BCUT2D eigenvalue weighted by Crippen LogP contribution is -2.35. The molecule has 1 atom stereocenters. The highest BCUT2D eigenvalue weighted by Gasteiger charge is 2.13. The smallest absolute Gasteiger partial charge is 0.325 e. The molecule has 2 amide bonds. The van der Waals surface area contributed by atoms with Crippen molar-refractivity contribution >= 4 is 17.7 Å². The average molecular weight is 266 g/mol. The van der Waals surface area contributed by atoms with E-state index in [2.05, 4.69) is 10.1 Å². The van der Waals surface area contributed by atoms with Gasteiger partial charge in [-0.3, -0.25) is 4.79 Å². The zero-order chi connectivity index (χ0) is 14.4. The minimum atomic E-state index is -0.549. The van der Waals surface area contributed by atoms with Gasteiger partial charge >= 0.3 is 12.0 Å². The van der Waals surface area contributed by atoms with Crippen molar-refractivity contribution in [1.29, 1.82) is 0 Å². The van der Waals surface area contributed by atoms with Gasteiger partial charge < -0.3 is 20.1 Å². The first-order chi connectivity index (χ1) is 8.93. The molecule has 0 aliphatic heterocycles. The van der Waals surface area contributed by atoms with Crippen LogP contribution in [-0.2, 0) is 9.53 Å². The van der Waals surface area contributed by atoms with Crippen LogP contribution < -0.4 is 5.32 Å². The SMILES string of the molecule is COC(=O)CN(C)C(=O)Nc1ccc(C(C)O)cc1. The third kappa shape index (κ3) is 4.59. The molecule has 0 saturated carbocycles. The first kappa shape index (κ1) is 15.0. The minimum absolute atomic E-state index is 0.117. The summed E-state index contributed by atoms with van der Waals surface area (Å²) < 4.78 is 4.47. The van der Waals surface area contributed by atoms with Crippen LogP contribution in [-0.4, -0.2) is 42.7 Å². The Morgan fingerprint density at radius 1 is 1.37 bits per heavy atom. The number of likely N-dealkylation sites (N-methyl/N-ethyl adjacent to an activating group) is 1. The predicted octanol–water partition coefficient (Wildman–Crippen LogP) is 1.38. The molecule has 0 spiro atoms. The number of anilines is 1. The highest BCUT2D eigenvalue weighted by molar-refractivity contribution is 5.91. The highest BCUT2D eigenvalue weighted by Crippen LogP contribution is 2.15. The Bertz CT molecular complexity index is 442. The summed E-state index contributed by atoms with van der Waals surface area (Å²) in [7, 11) is 2.76. The third-order valence-corrected chi connectivity index (χ3v) is 2.58. The molecule has 19 heavy (non-hydrogen) atoms. The Morgan fingerprint density at radius 3 is 2.42 bits per heavy atom. The largest absolute Gasteiger partial charge is 0.468 e. The molecule has 0 aromatic heterocycles. The van der Waals surface area contributed by atoms with Gasteiger partial charge in [0.25, 0.3) is 0 Å². The topological polar surface area (TPSA) is 78.9 Å². The number of methoxy groups -OCH3 is 1. The molecule has 0 bridgehead atoms. The number of hydrogen-bond acceptors (Lipinski definition) is 4. The lowest BCUT2D eigenvalue weighted by Gasteiger charge is -2.16. The van der Waals surface area contributed by atoms with Gasteiger partial charge in [-0.2, -0.15) is 0 Å². The van der Waals surface area contributed by atoms with Crippen molar-refractivity contribution in [3.8, 4) is 0 Å². The van der Waals surface area contributed by atoms with Crippen molar-refractivity contribution in [3.05, 3.63) is 29.8 Å². The second kappa shape index (κ2) is 6.75. The van der Waals surface area contributed by atoms with Crippen LogP contribution in [0.3, 0.4) is 0 Å². The number of benzene rings is 1. The summed E-state index contributed by atoms with van der Waals surface area (Å²) in [5.74, 6) is -0.484. The van der Waals surface area contributed by atoms with Crippen LogP contribution >= 0.6 is 0 Å². The normalized spacial score (nSPS) is 11.6. The van der Waals surface area contributed by atoms with E-state index in [9.17, 15) is 14.7 Å². The molecule has 6 heteroatoms. The summed E-state index contributed by atoms with van der Waals surface area (Å²) in [6.07, 6.45) is -0.549. The van der Waals surface area contributed by atoms with E-state index in [1.54, 1.807) is 31.2 Å². The number of carbonyl (C=O) groups excluding carboxylic acids is 2. The van der Waals surface area contributed by atoms with Crippen molar-refractivity contribution in [2.45, 2.75) is 13.0 Å². The van der Waals surface area contributed by atoms with Crippen LogP contribution in [0.1, 0.15) is 18.6 Å². The fraction of sp³-hybridized carbons (Fsp3) is 0.385. The maximum absolute atomic E-state index is 11.7. The molecule has 0 radical (unpaired) electrons. The van der Waals surface area contributed by atoms with Gasteiger partial charge in [0.05, 0.1) is 13.2 Å². The first-order valence-corrected chi connectivity index (χ1v) is 5.81. The van der Waals surface area contributed by atoms with Gasteiger partial charge in [-0.25, -0.2) is 4.79 Å². The number of ether oxygens (including phenoxy) is 1. The Balaban J connectivity index is 2.59. The summed E-state index contributed by atoms with van der Waals surface area (Å²) >= 11 is 0. The molecule has 1 aromatic carbocycles. The van der Waals surface area contributed by atoms with E-state index < -0.39 is 18.1 Å². The second-order valence-electron chi connectivity index (χ2n) is 4.16. The number of aliphatic hydroxyl groups excluding tert-OH is 1. The standard InChI is InChI=1S/C13H18N2O4/c1-9(16)10-4-6-11(7-5-10)14-13(18)15(2)8-12(17)19-3/h4-7,9,16H,8H2,1-3H3,(H,14,18). The predicted molar refractivity (Wildman–Crippen MR) is 70.7 cm³/mol. The summed E-state index contributed by atoms with van der Waals surface area (Å²) in [6.45, 7) is 1.55. The molecular weight excluding hydrogens is 248 g/mol. The van der Waals surface area contributed by atoms with Crippen molar-refractivity contribution in [1.82, 2.24) is 4.90 Å². The minimum Gasteiger partial charge on any atom is -0.468 e. The van der Waals surface area contributed by atoms with Crippen molar-refractivity contribution < 1.29 is 19.4 Å². The quantitative estimate of drug-likeness (QED) is 0.807. The van der Waals surface area contributed by atoms with E-state index in [-0.39, 0.29) is 6.54 Å². The molecular formula is C13H18N2O4. The highest BCUT2D eigenvalue weighted by atomic mass is 16.5. The molecule has 1 rings (SSSR count). The molecule has 0 aliphatic rings. The van der Waals surface area contributed by atoms with Gasteiger partial charge in [0, 0.05) is 12.7 Å². The fourth-order valence-corrected chi connectivity index (χ4v) is 1.39. The molecule has 0 aliphatic carbocycles. The van der Waals surface area contributed by atoms with Crippen LogP contribution in [0.25, 0.3) is 0 Å². The number of amides is 2. The Hall–Kier alpha value is -2.08. The lowest BCUT2D eigenvalue weighted by atomic mass is 10.1. The van der Waals surface area contributed by atoms with Crippen LogP contribution in [0.2, 0.25) is 0 Å². The molecule has 1 unspecified atom stereocenters. The van der Waals surface area contributed by atoms with Crippen LogP contribution in [0.4, 0.5) is 10.5 Å². The number of nitrogens with one attached hydrogen (secondary N) is 1. The second-order valence-corrected chi connectivity index (χ2v) is 4.16. The number of aliphatic hydroxyl groups is 1. The number of hydrogen-bond donors (Lipinski definition) is 2. The summed E-state index contributed by atoms with van der Waals surface area (Å²) in [4.78, 5) is 24.0. The first-order valence-electron chi connectivity index (χ1n) is 5.81. The molecule has 2 N–H and O–H groups in total. The molecule has 0 saturated heterocycles. The number of nitrogens with zero attached hydrogens (tertiary/aromatic N) is 1. The number of urea groups is 1. The van der Waals surface area contributed by atoms with Crippen molar-refractivity contribution in [2.75, 3.05) is 26.0 Å². The van der Waals surface area contributed by atoms with E-state index in [1.165, 1.54) is 19.1 Å². The number of rotatable bonds is 4.